The van der Waals surface area contributed by atoms with E-state index < -0.39 is 5.97 Å². The van der Waals surface area contributed by atoms with Crippen molar-refractivity contribution in [2.45, 2.75) is 13.0 Å². The molecule has 162 valence electrons. The molecule has 1 amide bonds. The van der Waals surface area contributed by atoms with Gasteiger partial charge in [-0.25, -0.2) is 4.79 Å². The quantitative estimate of drug-likeness (QED) is 0.673. The summed E-state index contributed by atoms with van der Waals surface area (Å²) < 4.78 is 10.6. The number of carbonyl (C=O) groups excluding carboxylic acids is 2. The fourth-order valence-corrected chi connectivity index (χ4v) is 3.88. The Morgan fingerprint density at radius 3 is 2.35 bits per heavy atom. The second-order valence-electron chi connectivity index (χ2n) is 7.85. The van der Waals surface area contributed by atoms with Gasteiger partial charge in [0.25, 0.3) is 5.91 Å². The van der Waals surface area contributed by atoms with Crippen LogP contribution in [0, 0.1) is 0 Å². The van der Waals surface area contributed by atoms with Crippen LogP contribution in [-0.2, 0) is 20.8 Å². The summed E-state index contributed by atoms with van der Waals surface area (Å²) in [7, 11) is 0. The second-order valence-corrected chi connectivity index (χ2v) is 7.85. The van der Waals surface area contributed by atoms with Gasteiger partial charge in [0.2, 0.25) is 0 Å². The summed E-state index contributed by atoms with van der Waals surface area (Å²) in [4.78, 5) is 28.8. The molecule has 2 aromatic carbocycles. The molecule has 2 heterocycles. The third kappa shape index (κ3) is 5.81. The first-order valence-electron chi connectivity index (χ1n) is 10.8. The molecular formula is C25H28N2O4. The molecule has 0 atom stereocenters. The van der Waals surface area contributed by atoms with Crippen LogP contribution in [0.15, 0.2) is 60.7 Å². The fraction of sp³-hybridized carbons (Fsp3) is 0.360. The number of amides is 1. The molecular weight excluding hydrogens is 392 g/mol. The summed E-state index contributed by atoms with van der Waals surface area (Å²) >= 11 is 0. The third-order valence-electron chi connectivity index (χ3n) is 5.73. The van der Waals surface area contributed by atoms with E-state index in [1.807, 2.05) is 30.3 Å². The van der Waals surface area contributed by atoms with E-state index in [2.05, 4.69) is 23.1 Å². The highest BCUT2D eigenvalue weighted by Crippen LogP contribution is 2.22. The number of hydrogen-bond donors (Lipinski definition) is 0. The van der Waals surface area contributed by atoms with Crippen LogP contribution in [0.25, 0.3) is 5.57 Å². The van der Waals surface area contributed by atoms with Gasteiger partial charge in [-0.2, -0.15) is 0 Å². The molecule has 0 N–H and O–H groups in total. The van der Waals surface area contributed by atoms with Gasteiger partial charge in [-0.15, -0.1) is 0 Å². The molecule has 1 fully saturated rings. The molecule has 6 heteroatoms. The normalized spacial score (nSPS) is 17.2. The van der Waals surface area contributed by atoms with Gasteiger partial charge in [-0.05, 0) is 35.3 Å². The van der Waals surface area contributed by atoms with Crippen molar-refractivity contribution in [2.24, 2.45) is 0 Å². The average Bonchev–Trinajstić information content (AvgIpc) is 2.84. The number of esters is 1. The van der Waals surface area contributed by atoms with E-state index in [0.29, 0.717) is 18.7 Å². The van der Waals surface area contributed by atoms with Crippen molar-refractivity contribution in [1.29, 1.82) is 0 Å². The zero-order valence-electron chi connectivity index (χ0n) is 17.7. The lowest BCUT2D eigenvalue weighted by molar-refractivity contribution is -0.134. The molecule has 1 saturated heterocycles. The van der Waals surface area contributed by atoms with Crippen molar-refractivity contribution >= 4 is 17.4 Å². The predicted molar refractivity (Wildman–Crippen MR) is 118 cm³/mol. The first kappa shape index (κ1) is 21.3. The van der Waals surface area contributed by atoms with Crippen molar-refractivity contribution in [3.05, 3.63) is 77.4 Å². The minimum Gasteiger partial charge on any atom is -0.452 e. The smallest absolute Gasteiger partial charge is 0.338 e. The molecule has 0 radical (unpaired) electrons. The highest BCUT2D eigenvalue weighted by Gasteiger charge is 2.20. The number of morpholine rings is 1. The maximum absolute atomic E-state index is 12.5. The summed E-state index contributed by atoms with van der Waals surface area (Å²) in [5, 5.41) is 0. The molecule has 0 saturated carbocycles. The number of hydrogen-bond acceptors (Lipinski definition) is 5. The van der Waals surface area contributed by atoms with Gasteiger partial charge >= 0.3 is 5.97 Å². The molecule has 0 spiro atoms. The standard InChI is InChI=1S/C25H28N2O4/c28-24(27-12-10-22(11-13-27)21-4-2-1-3-5-21)19-31-25(29)23-8-6-20(7-9-23)18-26-14-16-30-17-15-26/h1-10H,11-19H2. The van der Waals surface area contributed by atoms with Crippen LogP contribution in [-0.4, -0.2) is 67.7 Å². The SMILES string of the molecule is O=C(OCC(=O)N1CC=C(c2ccccc2)CC1)c1ccc(CN2CCOCC2)cc1. The monoisotopic (exact) mass is 420 g/mol. The zero-order valence-corrected chi connectivity index (χ0v) is 17.7. The Labute approximate surface area is 183 Å². The molecule has 2 aliphatic heterocycles. The van der Waals surface area contributed by atoms with E-state index >= 15 is 0 Å². The Morgan fingerprint density at radius 2 is 1.68 bits per heavy atom. The molecule has 0 aliphatic carbocycles. The maximum Gasteiger partial charge on any atom is 0.338 e. The van der Waals surface area contributed by atoms with Gasteiger partial charge < -0.3 is 14.4 Å². The Hall–Kier alpha value is -2.96. The average molecular weight is 421 g/mol. The van der Waals surface area contributed by atoms with E-state index in [0.717, 1.165) is 44.8 Å². The van der Waals surface area contributed by atoms with E-state index in [1.165, 1.54) is 11.1 Å². The maximum atomic E-state index is 12.5. The van der Waals surface area contributed by atoms with Gasteiger partial charge in [0, 0.05) is 32.7 Å². The molecule has 0 aromatic heterocycles. The number of carbonyl (C=O) groups is 2. The van der Waals surface area contributed by atoms with Crippen molar-refractivity contribution < 1.29 is 19.1 Å². The van der Waals surface area contributed by atoms with Crippen molar-refractivity contribution in [1.82, 2.24) is 9.80 Å². The summed E-state index contributed by atoms with van der Waals surface area (Å²) in [6, 6.07) is 17.6. The fourth-order valence-electron chi connectivity index (χ4n) is 3.88. The van der Waals surface area contributed by atoms with Crippen molar-refractivity contribution in [3.63, 3.8) is 0 Å². The predicted octanol–water partition coefficient (Wildman–Crippen LogP) is 2.99. The van der Waals surface area contributed by atoms with Crippen LogP contribution in [0.4, 0.5) is 0 Å². The van der Waals surface area contributed by atoms with E-state index in [1.54, 1.807) is 17.0 Å². The van der Waals surface area contributed by atoms with Gasteiger partial charge in [0.15, 0.2) is 6.61 Å². The van der Waals surface area contributed by atoms with E-state index in [-0.39, 0.29) is 12.5 Å². The van der Waals surface area contributed by atoms with Crippen LogP contribution in [0.3, 0.4) is 0 Å². The summed E-state index contributed by atoms with van der Waals surface area (Å²) in [5.41, 5.74) is 4.05. The topological polar surface area (TPSA) is 59.1 Å². The lowest BCUT2D eigenvalue weighted by atomic mass is 10.00. The van der Waals surface area contributed by atoms with Crippen LogP contribution < -0.4 is 0 Å². The van der Waals surface area contributed by atoms with Crippen LogP contribution in [0.5, 0.6) is 0 Å². The lowest BCUT2D eigenvalue weighted by Gasteiger charge is -2.26. The van der Waals surface area contributed by atoms with Crippen molar-refractivity contribution in [3.8, 4) is 0 Å². The van der Waals surface area contributed by atoms with E-state index in [4.69, 9.17) is 9.47 Å². The number of rotatable bonds is 6. The van der Waals surface area contributed by atoms with Gasteiger partial charge in [-0.1, -0.05) is 48.5 Å². The molecule has 0 unspecified atom stereocenters. The molecule has 2 aliphatic rings. The molecule has 31 heavy (non-hydrogen) atoms. The van der Waals surface area contributed by atoms with Gasteiger partial charge in [0.1, 0.15) is 0 Å². The highest BCUT2D eigenvalue weighted by atomic mass is 16.5. The zero-order chi connectivity index (χ0) is 21.5. The number of nitrogens with zero attached hydrogens (tertiary/aromatic N) is 2. The first-order chi connectivity index (χ1) is 15.2. The molecule has 0 bridgehead atoms. The Balaban J connectivity index is 1.24. The van der Waals surface area contributed by atoms with Crippen LogP contribution in [0.1, 0.15) is 27.9 Å². The van der Waals surface area contributed by atoms with Crippen LogP contribution >= 0.6 is 0 Å². The Bertz CT molecular complexity index is 918. The largest absolute Gasteiger partial charge is 0.452 e. The minimum absolute atomic E-state index is 0.166. The van der Waals surface area contributed by atoms with Gasteiger partial charge in [0.05, 0.1) is 18.8 Å². The molecule has 4 rings (SSSR count). The molecule has 2 aromatic rings. The third-order valence-corrected chi connectivity index (χ3v) is 5.73. The van der Waals surface area contributed by atoms with E-state index in [9.17, 15) is 9.59 Å². The summed E-state index contributed by atoms with van der Waals surface area (Å²) in [6.45, 7) is 5.14. The minimum atomic E-state index is -0.469. The second kappa shape index (κ2) is 10.4. The van der Waals surface area contributed by atoms with Gasteiger partial charge in [-0.3, -0.25) is 9.69 Å². The number of benzene rings is 2. The highest BCUT2D eigenvalue weighted by molar-refractivity contribution is 5.91. The molecule has 6 nitrogen and oxygen atoms in total. The van der Waals surface area contributed by atoms with Crippen molar-refractivity contribution in [2.75, 3.05) is 46.0 Å². The summed E-state index contributed by atoms with van der Waals surface area (Å²) in [6.07, 6.45) is 2.88. The number of ether oxygens (including phenoxy) is 2. The van der Waals surface area contributed by atoms with Crippen LogP contribution in [0.2, 0.25) is 0 Å². The lowest BCUT2D eigenvalue weighted by Crippen LogP contribution is -2.37. The Morgan fingerprint density at radius 1 is 0.935 bits per heavy atom. The Kier molecular flexibility index (Phi) is 7.12. The first-order valence-corrected chi connectivity index (χ1v) is 10.8. The summed E-state index contributed by atoms with van der Waals surface area (Å²) in [5.74, 6) is -0.635.